The Hall–Kier alpha value is -0.710. The second-order valence-electron chi connectivity index (χ2n) is 5.78. The fraction of sp³-hybridized carbons (Fsp3) is 0.632. The van der Waals surface area contributed by atoms with Gasteiger partial charge in [-0.05, 0) is 31.0 Å². The van der Waals surface area contributed by atoms with Crippen molar-refractivity contribution < 1.29 is 19.4 Å². The summed E-state index contributed by atoms with van der Waals surface area (Å²) in [6, 6.07) is 4.82. The molecule has 0 heterocycles. The molecule has 24 heavy (non-hydrogen) atoms. The second-order valence-corrected chi connectivity index (χ2v) is 5.78. The van der Waals surface area contributed by atoms with Crippen molar-refractivity contribution in [3.63, 3.8) is 0 Å². The summed E-state index contributed by atoms with van der Waals surface area (Å²) in [7, 11) is 0. The van der Waals surface area contributed by atoms with Crippen molar-refractivity contribution in [2.24, 2.45) is 0 Å². The number of hydrogen-bond acceptors (Lipinski definition) is 3. The van der Waals surface area contributed by atoms with Gasteiger partial charge in [0, 0.05) is 0 Å². The molecule has 0 aromatic heterocycles. The van der Waals surface area contributed by atoms with Crippen molar-refractivity contribution in [1.29, 1.82) is 0 Å². The van der Waals surface area contributed by atoms with Gasteiger partial charge in [-0.1, -0.05) is 52.4 Å². The normalized spacial score (nSPS) is 10.1. The molecule has 1 N–H and O–H groups in total. The third kappa shape index (κ3) is 9.55. The molecule has 1 aromatic rings. The van der Waals surface area contributed by atoms with Crippen LogP contribution in [0.15, 0.2) is 18.2 Å². The summed E-state index contributed by atoms with van der Waals surface area (Å²) in [5, 5.41) is 9.12. The van der Waals surface area contributed by atoms with Gasteiger partial charge >= 0.3 is 35.5 Å². The van der Waals surface area contributed by atoms with Gasteiger partial charge in [0.25, 0.3) is 0 Å². The molecule has 132 valence electrons. The number of carboxylic acids is 1. The molecule has 4 nitrogen and oxygen atoms in total. The van der Waals surface area contributed by atoms with Gasteiger partial charge in [-0.25, -0.2) is 4.79 Å². The predicted octanol–water partition coefficient (Wildman–Crippen LogP) is 4.65. The van der Waals surface area contributed by atoms with E-state index in [1.807, 2.05) is 0 Å². The predicted molar refractivity (Wildman–Crippen MR) is 99.8 cm³/mol. The van der Waals surface area contributed by atoms with Crippen LogP contribution in [-0.4, -0.2) is 53.8 Å². The van der Waals surface area contributed by atoms with E-state index in [9.17, 15) is 4.79 Å². The van der Waals surface area contributed by atoms with Crippen LogP contribution < -0.4 is 9.47 Å². The third-order valence-corrected chi connectivity index (χ3v) is 3.70. The van der Waals surface area contributed by atoms with Crippen LogP contribution in [0.3, 0.4) is 0 Å². The van der Waals surface area contributed by atoms with Crippen molar-refractivity contribution in [1.82, 2.24) is 0 Å². The summed E-state index contributed by atoms with van der Waals surface area (Å²) in [6.07, 6.45) is 9.03. The number of carboxylic acid groups (broad SMARTS) is 1. The maximum absolute atomic E-state index is 11.1. The van der Waals surface area contributed by atoms with E-state index >= 15 is 0 Å². The monoisotopic (exact) mass is 346 g/mol. The zero-order chi connectivity index (χ0) is 16.9. The Morgan fingerprint density at radius 3 is 1.92 bits per heavy atom. The van der Waals surface area contributed by atoms with Crippen LogP contribution in [0.5, 0.6) is 11.5 Å². The van der Waals surface area contributed by atoms with Crippen molar-refractivity contribution in [2.45, 2.75) is 65.2 Å². The summed E-state index contributed by atoms with van der Waals surface area (Å²) in [5.74, 6) is 0.231. The third-order valence-electron chi connectivity index (χ3n) is 3.70. The second kappa shape index (κ2) is 14.6. The zero-order valence-electron chi connectivity index (χ0n) is 14.5. The number of unbranched alkanes of at least 4 members (excludes halogenated alkanes) is 6. The van der Waals surface area contributed by atoms with Crippen LogP contribution in [0.2, 0.25) is 0 Å². The molecule has 0 fully saturated rings. The minimum absolute atomic E-state index is 0. The average molecular weight is 346 g/mol. The van der Waals surface area contributed by atoms with Gasteiger partial charge in [0.05, 0.1) is 18.8 Å². The molecule has 0 atom stereocenters. The molecule has 0 aliphatic heterocycles. The number of carbonyl (C=O) groups is 1. The van der Waals surface area contributed by atoms with E-state index in [0.29, 0.717) is 24.7 Å². The van der Waals surface area contributed by atoms with E-state index in [1.54, 1.807) is 18.2 Å². The first kappa shape index (κ1) is 23.3. The van der Waals surface area contributed by atoms with Gasteiger partial charge in [0.2, 0.25) is 0 Å². The van der Waals surface area contributed by atoms with Gasteiger partial charge in [-0.3, -0.25) is 0 Å². The van der Waals surface area contributed by atoms with Gasteiger partial charge in [-0.15, -0.1) is 0 Å². The molecule has 0 aliphatic carbocycles. The van der Waals surface area contributed by atoms with E-state index in [0.717, 1.165) is 25.7 Å². The fourth-order valence-corrected chi connectivity index (χ4v) is 2.30. The molecular formula is C19H31NaO4. The zero-order valence-corrected chi connectivity index (χ0v) is 14.5. The first-order valence-electron chi connectivity index (χ1n) is 8.82. The van der Waals surface area contributed by atoms with Crippen molar-refractivity contribution in [3.05, 3.63) is 23.8 Å². The standard InChI is InChI=1S/C19H30O4.Na.H/c1-3-5-7-9-13-22-17-12-11-16(19(20)21)15-18(17)23-14-10-8-6-4-2;;/h11-12,15H,3-10,13-14H2,1-2H3,(H,20,21);;. The van der Waals surface area contributed by atoms with Crippen molar-refractivity contribution in [3.8, 4) is 11.5 Å². The van der Waals surface area contributed by atoms with Gasteiger partial charge < -0.3 is 14.6 Å². The van der Waals surface area contributed by atoms with E-state index in [4.69, 9.17) is 14.6 Å². The number of ether oxygens (including phenoxy) is 2. The Morgan fingerprint density at radius 1 is 0.875 bits per heavy atom. The van der Waals surface area contributed by atoms with Crippen LogP contribution in [0.4, 0.5) is 0 Å². The van der Waals surface area contributed by atoms with Gasteiger partial charge in [-0.2, -0.15) is 0 Å². The number of hydrogen-bond donors (Lipinski definition) is 1. The van der Waals surface area contributed by atoms with Crippen LogP contribution in [-0.2, 0) is 0 Å². The molecule has 5 heteroatoms. The van der Waals surface area contributed by atoms with Crippen LogP contribution in [0.1, 0.15) is 75.6 Å². The topological polar surface area (TPSA) is 55.8 Å². The summed E-state index contributed by atoms with van der Waals surface area (Å²) in [6.45, 7) is 5.57. The Labute approximate surface area is 168 Å². The SMILES string of the molecule is CCCCCCOc1ccc(C(=O)O)cc1OCCCCCC.[NaH]. The first-order valence-corrected chi connectivity index (χ1v) is 8.82. The first-order chi connectivity index (χ1) is 11.2. The molecule has 1 aromatic carbocycles. The van der Waals surface area contributed by atoms with Crippen LogP contribution >= 0.6 is 0 Å². The Morgan fingerprint density at radius 2 is 1.42 bits per heavy atom. The molecule has 0 bridgehead atoms. The molecule has 0 saturated heterocycles. The van der Waals surface area contributed by atoms with Gasteiger partial charge in [0.1, 0.15) is 0 Å². The number of benzene rings is 1. The molecule has 0 saturated carbocycles. The molecule has 0 radical (unpaired) electrons. The Kier molecular flexibility index (Phi) is 14.2. The fourth-order valence-electron chi connectivity index (χ4n) is 2.30. The quantitative estimate of drug-likeness (QED) is 0.417. The number of aromatic carboxylic acids is 1. The Balaban J connectivity index is 0.00000529. The van der Waals surface area contributed by atoms with Crippen molar-refractivity contribution >= 4 is 35.5 Å². The van der Waals surface area contributed by atoms with Crippen molar-refractivity contribution in [2.75, 3.05) is 13.2 Å². The minimum atomic E-state index is -0.949. The molecule has 0 amide bonds. The van der Waals surface area contributed by atoms with E-state index < -0.39 is 5.97 Å². The Bertz CT molecular complexity index is 463. The van der Waals surface area contributed by atoms with Gasteiger partial charge in [0.15, 0.2) is 11.5 Å². The maximum atomic E-state index is 11.1. The summed E-state index contributed by atoms with van der Waals surface area (Å²) >= 11 is 0. The van der Waals surface area contributed by atoms with E-state index in [1.165, 1.54) is 25.7 Å². The average Bonchev–Trinajstić information content (AvgIpc) is 2.55. The van der Waals surface area contributed by atoms with E-state index in [2.05, 4.69) is 13.8 Å². The van der Waals surface area contributed by atoms with Crippen LogP contribution in [0, 0.1) is 0 Å². The summed E-state index contributed by atoms with van der Waals surface area (Å²) in [5.41, 5.74) is 0.229. The molecule has 1 rings (SSSR count). The summed E-state index contributed by atoms with van der Waals surface area (Å²) in [4.78, 5) is 11.1. The molecule has 0 aliphatic rings. The van der Waals surface area contributed by atoms with E-state index in [-0.39, 0.29) is 35.1 Å². The molecule has 0 spiro atoms. The molecule has 0 unspecified atom stereocenters. The molecular weight excluding hydrogens is 315 g/mol. The number of rotatable bonds is 13. The summed E-state index contributed by atoms with van der Waals surface area (Å²) < 4.78 is 11.5. The van der Waals surface area contributed by atoms with Crippen LogP contribution in [0.25, 0.3) is 0 Å².